The summed E-state index contributed by atoms with van der Waals surface area (Å²) in [6.45, 7) is 0. The lowest BCUT2D eigenvalue weighted by atomic mass is 10.2. The molecule has 1 aromatic heterocycles. The smallest absolute Gasteiger partial charge is 0.256 e. The van der Waals surface area contributed by atoms with E-state index >= 15 is 0 Å². The van der Waals surface area contributed by atoms with Gasteiger partial charge in [-0.1, -0.05) is 12.2 Å². The fourth-order valence-corrected chi connectivity index (χ4v) is 1.48. The zero-order valence-electron chi connectivity index (χ0n) is 7.66. The summed E-state index contributed by atoms with van der Waals surface area (Å²) >= 11 is 0. The number of rotatable bonds is 2. The van der Waals surface area contributed by atoms with Crippen molar-refractivity contribution in [1.82, 2.24) is 15.5 Å². The van der Waals surface area contributed by atoms with Crippen molar-refractivity contribution in [3.63, 3.8) is 0 Å². The topological polar surface area (TPSA) is 83.8 Å². The number of nitrogens with one attached hydrogen (secondary N) is 2. The van der Waals surface area contributed by atoms with Crippen molar-refractivity contribution in [2.24, 2.45) is 0 Å². The van der Waals surface area contributed by atoms with Gasteiger partial charge in [0.2, 0.25) is 0 Å². The molecular formula is C9H12N4O. The first-order valence-electron chi connectivity index (χ1n) is 4.52. The number of aromatic amines is 1. The molecule has 0 spiro atoms. The Morgan fingerprint density at radius 1 is 1.57 bits per heavy atom. The van der Waals surface area contributed by atoms with Crippen LogP contribution in [0.4, 0.5) is 5.82 Å². The number of nitrogens with two attached hydrogens (primary N) is 1. The van der Waals surface area contributed by atoms with Crippen LogP contribution >= 0.6 is 0 Å². The Bertz CT molecular complexity index is 361. The van der Waals surface area contributed by atoms with Gasteiger partial charge in [0, 0.05) is 6.04 Å². The molecule has 1 aliphatic rings. The van der Waals surface area contributed by atoms with E-state index < -0.39 is 0 Å². The third-order valence-electron chi connectivity index (χ3n) is 2.26. The lowest BCUT2D eigenvalue weighted by Gasteiger charge is -2.10. The van der Waals surface area contributed by atoms with Crippen molar-refractivity contribution < 1.29 is 4.79 Å². The Morgan fingerprint density at radius 3 is 2.86 bits per heavy atom. The van der Waals surface area contributed by atoms with Crippen LogP contribution in [0, 0.1) is 0 Å². The van der Waals surface area contributed by atoms with Gasteiger partial charge in [-0.3, -0.25) is 9.89 Å². The fourth-order valence-electron chi connectivity index (χ4n) is 1.48. The minimum Gasteiger partial charge on any atom is -0.383 e. The van der Waals surface area contributed by atoms with E-state index in [2.05, 4.69) is 27.7 Å². The zero-order chi connectivity index (χ0) is 9.97. The summed E-state index contributed by atoms with van der Waals surface area (Å²) < 4.78 is 0. The number of aromatic nitrogens is 2. The van der Waals surface area contributed by atoms with E-state index in [-0.39, 0.29) is 11.9 Å². The molecule has 14 heavy (non-hydrogen) atoms. The summed E-state index contributed by atoms with van der Waals surface area (Å²) in [6.07, 6.45) is 7.34. The van der Waals surface area contributed by atoms with Gasteiger partial charge in [-0.25, -0.2) is 0 Å². The first-order valence-corrected chi connectivity index (χ1v) is 4.52. The predicted molar refractivity (Wildman–Crippen MR) is 52.6 cm³/mol. The Labute approximate surface area is 81.4 Å². The van der Waals surface area contributed by atoms with Crippen LogP contribution in [0.15, 0.2) is 18.3 Å². The number of anilines is 1. The highest BCUT2D eigenvalue weighted by molar-refractivity contribution is 5.98. The van der Waals surface area contributed by atoms with Gasteiger partial charge in [0.15, 0.2) is 0 Å². The Kier molecular flexibility index (Phi) is 2.22. The van der Waals surface area contributed by atoms with Crippen molar-refractivity contribution >= 4 is 11.7 Å². The maximum Gasteiger partial charge on any atom is 0.256 e. The summed E-state index contributed by atoms with van der Waals surface area (Å²) in [5.41, 5.74) is 5.94. The summed E-state index contributed by atoms with van der Waals surface area (Å²) in [4.78, 5) is 11.6. The minimum atomic E-state index is -0.162. The van der Waals surface area contributed by atoms with E-state index in [9.17, 15) is 4.79 Å². The van der Waals surface area contributed by atoms with Gasteiger partial charge in [-0.05, 0) is 12.8 Å². The summed E-state index contributed by atoms with van der Waals surface area (Å²) in [5.74, 6) is 0.151. The quantitative estimate of drug-likeness (QED) is 0.594. The molecule has 4 N–H and O–H groups in total. The molecule has 0 aromatic carbocycles. The number of nitrogen functional groups attached to an aromatic ring is 1. The van der Waals surface area contributed by atoms with Crippen LogP contribution in [0.25, 0.3) is 0 Å². The van der Waals surface area contributed by atoms with Crippen LogP contribution in [0.3, 0.4) is 0 Å². The molecule has 1 aromatic rings. The van der Waals surface area contributed by atoms with E-state index in [0.717, 1.165) is 12.8 Å². The maximum absolute atomic E-state index is 11.6. The van der Waals surface area contributed by atoms with Crippen LogP contribution < -0.4 is 11.1 Å². The van der Waals surface area contributed by atoms with Crippen molar-refractivity contribution in [2.45, 2.75) is 18.9 Å². The van der Waals surface area contributed by atoms with Gasteiger partial charge in [0.1, 0.15) is 11.4 Å². The summed E-state index contributed by atoms with van der Waals surface area (Å²) in [7, 11) is 0. The van der Waals surface area contributed by atoms with Gasteiger partial charge >= 0.3 is 0 Å². The molecule has 2 rings (SSSR count). The number of carbonyl (C=O) groups is 1. The average Bonchev–Trinajstić information content (AvgIpc) is 2.75. The lowest BCUT2D eigenvalue weighted by molar-refractivity contribution is 0.0940. The molecule has 0 atom stereocenters. The SMILES string of the molecule is Nc1[nH]ncc1C(=O)NC1CC=CC1. The van der Waals surface area contributed by atoms with Crippen molar-refractivity contribution in [3.8, 4) is 0 Å². The van der Waals surface area contributed by atoms with Crippen LogP contribution in [0.5, 0.6) is 0 Å². The van der Waals surface area contributed by atoms with E-state index in [4.69, 9.17) is 5.73 Å². The highest BCUT2D eigenvalue weighted by Gasteiger charge is 2.17. The van der Waals surface area contributed by atoms with Crippen molar-refractivity contribution in [2.75, 3.05) is 5.73 Å². The number of hydrogen-bond donors (Lipinski definition) is 3. The summed E-state index contributed by atoms with van der Waals surface area (Å²) in [6, 6.07) is 0.205. The Morgan fingerprint density at radius 2 is 2.29 bits per heavy atom. The number of hydrogen-bond acceptors (Lipinski definition) is 3. The molecule has 0 unspecified atom stereocenters. The monoisotopic (exact) mass is 192 g/mol. The molecule has 5 heteroatoms. The summed E-state index contributed by atoms with van der Waals surface area (Å²) in [5, 5.41) is 9.10. The van der Waals surface area contributed by atoms with Gasteiger partial charge < -0.3 is 11.1 Å². The van der Waals surface area contributed by atoms with Gasteiger partial charge in [0.25, 0.3) is 5.91 Å². The minimum absolute atomic E-state index is 0.162. The highest BCUT2D eigenvalue weighted by Crippen LogP contribution is 2.11. The zero-order valence-corrected chi connectivity index (χ0v) is 7.66. The second-order valence-corrected chi connectivity index (χ2v) is 3.31. The molecule has 1 heterocycles. The molecule has 0 radical (unpaired) electrons. The molecule has 0 bridgehead atoms. The molecule has 0 saturated heterocycles. The highest BCUT2D eigenvalue weighted by atomic mass is 16.1. The largest absolute Gasteiger partial charge is 0.383 e. The molecule has 0 aliphatic heterocycles. The third kappa shape index (κ3) is 1.61. The molecule has 5 nitrogen and oxygen atoms in total. The van der Waals surface area contributed by atoms with Gasteiger partial charge in [0.05, 0.1) is 6.20 Å². The number of nitrogens with zero attached hydrogens (tertiary/aromatic N) is 1. The van der Waals surface area contributed by atoms with Crippen LogP contribution in [-0.2, 0) is 0 Å². The standard InChI is InChI=1S/C9H12N4O/c10-8-7(5-11-13-8)9(14)12-6-3-1-2-4-6/h1-2,5-6H,3-4H2,(H,12,14)(H3,10,11,13). The average molecular weight is 192 g/mol. The van der Waals surface area contributed by atoms with Crippen molar-refractivity contribution in [3.05, 3.63) is 23.9 Å². The normalized spacial score (nSPS) is 16.0. The van der Waals surface area contributed by atoms with E-state index in [1.165, 1.54) is 6.20 Å². The number of carbonyl (C=O) groups excluding carboxylic acids is 1. The molecule has 1 aliphatic carbocycles. The van der Waals surface area contributed by atoms with Crippen LogP contribution in [0.1, 0.15) is 23.2 Å². The molecular weight excluding hydrogens is 180 g/mol. The number of amides is 1. The van der Waals surface area contributed by atoms with Gasteiger partial charge in [-0.15, -0.1) is 0 Å². The first kappa shape index (κ1) is 8.80. The molecule has 0 saturated carbocycles. The van der Waals surface area contributed by atoms with Gasteiger partial charge in [-0.2, -0.15) is 5.10 Å². The molecule has 74 valence electrons. The molecule has 0 fully saturated rings. The fraction of sp³-hybridized carbons (Fsp3) is 0.333. The number of H-pyrrole nitrogens is 1. The van der Waals surface area contributed by atoms with E-state index in [1.54, 1.807) is 0 Å². The second kappa shape index (κ2) is 3.53. The van der Waals surface area contributed by atoms with Crippen LogP contribution in [0.2, 0.25) is 0 Å². The Hall–Kier alpha value is -1.78. The Balaban J connectivity index is 1.99. The lowest BCUT2D eigenvalue weighted by Crippen LogP contribution is -2.33. The molecule has 1 amide bonds. The third-order valence-corrected chi connectivity index (χ3v) is 2.26. The van der Waals surface area contributed by atoms with E-state index in [1.807, 2.05) is 0 Å². The van der Waals surface area contributed by atoms with E-state index in [0.29, 0.717) is 11.4 Å². The second-order valence-electron chi connectivity index (χ2n) is 3.31. The van der Waals surface area contributed by atoms with Crippen molar-refractivity contribution in [1.29, 1.82) is 0 Å². The first-order chi connectivity index (χ1) is 6.77. The van der Waals surface area contributed by atoms with Crippen LogP contribution in [-0.4, -0.2) is 22.1 Å². The maximum atomic E-state index is 11.6. The predicted octanol–water partition coefficient (Wildman–Crippen LogP) is 0.440.